The topological polar surface area (TPSA) is 79.3 Å². The molecule has 0 unspecified atom stereocenters. The fourth-order valence-corrected chi connectivity index (χ4v) is 3.84. The molecule has 4 rings (SSSR count). The first-order valence-electron chi connectivity index (χ1n) is 8.83. The maximum Gasteiger partial charge on any atom is 0.257 e. The van der Waals surface area contributed by atoms with Crippen LogP contribution < -0.4 is 0 Å². The van der Waals surface area contributed by atoms with Crippen LogP contribution >= 0.6 is 0 Å². The summed E-state index contributed by atoms with van der Waals surface area (Å²) in [5.41, 5.74) is 1.95. The molecule has 2 aromatic rings. The molecule has 0 aliphatic carbocycles. The molecule has 2 atom stereocenters. The minimum Gasteiger partial charge on any atom is -0.345 e. The zero-order valence-electron chi connectivity index (χ0n) is 14.9. The number of aromatic nitrogens is 3. The predicted molar refractivity (Wildman–Crippen MR) is 95.1 cm³/mol. The molecule has 2 fully saturated rings. The van der Waals surface area contributed by atoms with E-state index in [2.05, 4.69) is 15.0 Å². The fourth-order valence-electron chi connectivity index (χ4n) is 3.84. The quantitative estimate of drug-likeness (QED) is 0.817. The zero-order valence-corrected chi connectivity index (χ0v) is 14.9. The summed E-state index contributed by atoms with van der Waals surface area (Å²) in [6.07, 6.45) is 5.93. The highest BCUT2D eigenvalue weighted by Crippen LogP contribution is 2.32. The van der Waals surface area contributed by atoms with Crippen LogP contribution in [0.15, 0.2) is 30.7 Å². The number of carbonyl (C=O) groups is 2. The highest BCUT2D eigenvalue weighted by Gasteiger charge is 2.43. The highest BCUT2D eigenvalue weighted by atomic mass is 16.2. The van der Waals surface area contributed by atoms with Crippen LogP contribution in [-0.4, -0.2) is 63.2 Å². The van der Waals surface area contributed by atoms with Gasteiger partial charge in [-0.25, -0.2) is 9.97 Å². The second kappa shape index (κ2) is 6.48. The summed E-state index contributed by atoms with van der Waals surface area (Å²) < 4.78 is 0. The maximum absolute atomic E-state index is 13.0. The van der Waals surface area contributed by atoms with Crippen molar-refractivity contribution in [2.45, 2.75) is 13.3 Å². The standard InChI is InChI=1S/C19H21N5O2/c1-12-15(9-21-17(22-12)13-4-3-6-20-8-13)19(26)24-10-14-5-7-23(2)18(25)16(14)11-24/h3-4,6,8-9,14,16H,5,7,10-11H2,1-2H3/t14-,16+/m1/s1. The Morgan fingerprint density at radius 3 is 2.85 bits per heavy atom. The number of piperidine rings is 1. The zero-order chi connectivity index (χ0) is 18.3. The Morgan fingerprint density at radius 2 is 2.12 bits per heavy atom. The second-order valence-corrected chi connectivity index (χ2v) is 7.06. The van der Waals surface area contributed by atoms with Crippen molar-refractivity contribution < 1.29 is 9.59 Å². The van der Waals surface area contributed by atoms with Crippen LogP contribution in [0.3, 0.4) is 0 Å². The van der Waals surface area contributed by atoms with Crippen molar-refractivity contribution in [3.05, 3.63) is 42.0 Å². The Kier molecular flexibility index (Phi) is 4.14. The van der Waals surface area contributed by atoms with E-state index in [1.54, 1.807) is 28.4 Å². The first-order valence-corrected chi connectivity index (χ1v) is 8.83. The lowest BCUT2D eigenvalue weighted by Gasteiger charge is -2.30. The van der Waals surface area contributed by atoms with Crippen molar-refractivity contribution in [2.75, 3.05) is 26.7 Å². The van der Waals surface area contributed by atoms with E-state index in [1.165, 1.54) is 0 Å². The van der Waals surface area contributed by atoms with Gasteiger partial charge < -0.3 is 9.80 Å². The molecule has 7 nitrogen and oxygen atoms in total. The van der Waals surface area contributed by atoms with Gasteiger partial charge in [0.15, 0.2) is 5.82 Å². The van der Waals surface area contributed by atoms with Gasteiger partial charge in [0.05, 0.1) is 17.2 Å². The third kappa shape index (κ3) is 2.83. The molecular formula is C19H21N5O2. The molecule has 0 spiro atoms. The number of amides is 2. The monoisotopic (exact) mass is 351 g/mol. The summed E-state index contributed by atoms with van der Waals surface area (Å²) in [7, 11) is 1.83. The molecule has 134 valence electrons. The first kappa shape index (κ1) is 16.6. The van der Waals surface area contributed by atoms with E-state index in [1.807, 2.05) is 26.1 Å². The molecular weight excluding hydrogens is 330 g/mol. The molecule has 0 radical (unpaired) electrons. The van der Waals surface area contributed by atoms with Crippen LogP contribution in [0.4, 0.5) is 0 Å². The van der Waals surface area contributed by atoms with Gasteiger partial charge in [0.1, 0.15) is 0 Å². The molecule has 0 saturated carbocycles. The molecule has 7 heteroatoms. The van der Waals surface area contributed by atoms with Crippen molar-refractivity contribution in [3.8, 4) is 11.4 Å². The van der Waals surface area contributed by atoms with Crippen molar-refractivity contribution in [1.29, 1.82) is 0 Å². The molecule has 0 aromatic carbocycles. The van der Waals surface area contributed by atoms with Crippen LogP contribution in [-0.2, 0) is 4.79 Å². The van der Waals surface area contributed by atoms with Crippen molar-refractivity contribution in [2.24, 2.45) is 11.8 Å². The number of likely N-dealkylation sites (tertiary alicyclic amines) is 2. The number of aryl methyl sites for hydroxylation is 1. The lowest BCUT2D eigenvalue weighted by atomic mass is 9.88. The number of rotatable bonds is 2. The molecule has 0 bridgehead atoms. The van der Waals surface area contributed by atoms with Crippen LogP contribution in [0.5, 0.6) is 0 Å². The molecule has 0 N–H and O–H groups in total. The Labute approximate surface area is 152 Å². The first-order chi connectivity index (χ1) is 12.5. The summed E-state index contributed by atoms with van der Waals surface area (Å²) in [5.74, 6) is 0.799. The number of carbonyl (C=O) groups excluding carboxylic acids is 2. The van der Waals surface area contributed by atoms with Gasteiger partial charge in [-0.1, -0.05) is 0 Å². The van der Waals surface area contributed by atoms with E-state index in [0.29, 0.717) is 30.2 Å². The second-order valence-electron chi connectivity index (χ2n) is 7.06. The summed E-state index contributed by atoms with van der Waals surface area (Å²) in [6.45, 7) is 3.70. The smallest absolute Gasteiger partial charge is 0.257 e. The minimum atomic E-state index is -0.0925. The van der Waals surface area contributed by atoms with Gasteiger partial charge in [0, 0.05) is 50.8 Å². The van der Waals surface area contributed by atoms with Crippen LogP contribution in [0.25, 0.3) is 11.4 Å². The highest BCUT2D eigenvalue weighted by molar-refractivity contribution is 5.96. The fraction of sp³-hybridized carbons (Fsp3) is 0.421. The predicted octanol–water partition coefficient (Wildman–Crippen LogP) is 1.40. The summed E-state index contributed by atoms with van der Waals surface area (Å²) in [5, 5.41) is 0. The lowest BCUT2D eigenvalue weighted by Crippen LogP contribution is -2.42. The van der Waals surface area contributed by atoms with Crippen LogP contribution in [0.2, 0.25) is 0 Å². The van der Waals surface area contributed by atoms with E-state index in [-0.39, 0.29) is 23.7 Å². The van der Waals surface area contributed by atoms with Gasteiger partial charge in [0.2, 0.25) is 5.91 Å². The molecule has 2 aliphatic heterocycles. The number of fused-ring (bicyclic) bond motifs is 1. The summed E-state index contributed by atoms with van der Waals surface area (Å²) in [4.78, 5) is 41.7. The SMILES string of the molecule is Cc1nc(-c2cccnc2)ncc1C(=O)N1C[C@H]2CCN(C)C(=O)[C@H]2C1. The lowest BCUT2D eigenvalue weighted by molar-refractivity contribution is -0.137. The molecule has 4 heterocycles. The molecule has 2 aliphatic rings. The van der Waals surface area contributed by atoms with Gasteiger partial charge >= 0.3 is 0 Å². The molecule has 26 heavy (non-hydrogen) atoms. The average Bonchev–Trinajstić information content (AvgIpc) is 3.10. The third-order valence-corrected chi connectivity index (χ3v) is 5.39. The molecule has 2 amide bonds. The largest absolute Gasteiger partial charge is 0.345 e. The molecule has 2 aromatic heterocycles. The van der Waals surface area contributed by atoms with Gasteiger partial charge in [-0.15, -0.1) is 0 Å². The Bertz CT molecular complexity index is 854. The molecule has 2 saturated heterocycles. The van der Waals surface area contributed by atoms with E-state index >= 15 is 0 Å². The van der Waals surface area contributed by atoms with E-state index in [4.69, 9.17) is 0 Å². The Morgan fingerprint density at radius 1 is 1.27 bits per heavy atom. The summed E-state index contributed by atoms with van der Waals surface area (Å²) in [6, 6.07) is 3.71. The van der Waals surface area contributed by atoms with Gasteiger partial charge in [-0.3, -0.25) is 14.6 Å². The summed E-state index contributed by atoms with van der Waals surface area (Å²) >= 11 is 0. The van der Waals surface area contributed by atoms with Crippen LogP contribution in [0, 0.1) is 18.8 Å². The van der Waals surface area contributed by atoms with Crippen molar-refractivity contribution >= 4 is 11.8 Å². The van der Waals surface area contributed by atoms with E-state index < -0.39 is 0 Å². The number of hydrogen-bond donors (Lipinski definition) is 0. The van der Waals surface area contributed by atoms with Crippen LogP contribution in [0.1, 0.15) is 22.5 Å². The van der Waals surface area contributed by atoms with Crippen molar-refractivity contribution in [1.82, 2.24) is 24.8 Å². The number of pyridine rings is 1. The van der Waals surface area contributed by atoms with Gasteiger partial charge in [-0.2, -0.15) is 0 Å². The number of nitrogens with zero attached hydrogens (tertiary/aromatic N) is 5. The average molecular weight is 351 g/mol. The van der Waals surface area contributed by atoms with E-state index in [0.717, 1.165) is 18.5 Å². The third-order valence-electron chi connectivity index (χ3n) is 5.39. The normalized spacial score (nSPS) is 22.5. The van der Waals surface area contributed by atoms with Gasteiger partial charge in [-0.05, 0) is 31.4 Å². The van der Waals surface area contributed by atoms with E-state index in [9.17, 15) is 9.59 Å². The Balaban J connectivity index is 1.55. The maximum atomic E-state index is 13.0. The van der Waals surface area contributed by atoms with Crippen molar-refractivity contribution in [3.63, 3.8) is 0 Å². The minimum absolute atomic E-state index is 0.0754. The number of hydrogen-bond acceptors (Lipinski definition) is 5. The van der Waals surface area contributed by atoms with Gasteiger partial charge in [0.25, 0.3) is 5.91 Å². The Hall–Kier alpha value is -2.83.